The van der Waals surface area contributed by atoms with Gasteiger partial charge in [-0.25, -0.2) is 8.42 Å². The van der Waals surface area contributed by atoms with Crippen LogP contribution in [0.15, 0.2) is 119 Å². The van der Waals surface area contributed by atoms with Gasteiger partial charge in [0.05, 0.1) is 37.7 Å². The lowest BCUT2D eigenvalue weighted by Gasteiger charge is -2.30. The first kappa shape index (κ1) is 39.2. The number of aromatic nitrogens is 1. The number of aryl methyl sites for hydroxylation is 1. The second-order valence-corrected chi connectivity index (χ2v) is 18.8. The normalized spacial score (nSPS) is 14.8. The molecule has 5 aromatic carbocycles. The van der Waals surface area contributed by atoms with Crippen LogP contribution in [0.1, 0.15) is 37.8 Å². The van der Waals surface area contributed by atoms with Crippen LogP contribution in [0.3, 0.4) is 0 Å². The van der Waals surface area contributed by atoms with Crippen LogP contribution in [-0.4, -0.2) is 63.7 Å². The lowest BCUT2D eigenvalue weighted by Crippen LogP contribution is -2.49. The number of hydroxylamine groups is 3. The quantitative estimate of drug-likeness (QED) is 0.0440. The van der Waals surface area contributed by atoms with Crippen molar-refractivity contribution in [3.05, 3.63) is 125 Å². The summed E-state index contributed by atoms with van der Waals surface area (Å²) in [5, 5.41) is 5.89. The molecule has 0 N–H and O–H groups in total. The van der Waals surface area contributed by atoms with Gasteiger partial charge in [-0.1, -0.05) is 112 Å². The van der Waals surface area contributed by atoms with E-state index in [-0.39, 0.29) is 16.9 Å². The summed E-state index contributed by atoms with van der Waals surface area (Å²) in [6, 6.07) is 34.5. The molecule has 0 aliphatic carbocycles. The lowest BCUT2D eigenvalue weighted by molar-refractivity contribution is -1.08. The van der Waals surface area contributed by atoms with Crippen LogP contribution in [0.2, 0.25) is 0 Å². The molecular weight excluding hydrogens is 771 g/mol. The lowest BCUT2D eigenvalue weighted by atomic mass is 10.0. The molecule has 7 rings (SSSR count). The first-order chi connectivity index (χ1) is 26.4. The molecule has 1 aromatic heterocycles. The third kappa shape index (κ3) is 8.53. The second kappa shape index (κ2) is 16.2. The number of hydrogen-bond donors (Lipinski definition) is 0. The number of anilines is 1. The van der Waals surface area contributed by atoms with Crippen LogP contribution >= 0.6 is 23.1 Å². The van der Waals surface area contributed by atoms with Crippen LogP contribution in [0.25, 0.3) is 43.4 Å². The molecule has 0 unspecified atom stereocenters. The predicted octanol–water partition coefficient (Wildman–Crippen LogP) is 8.56. The van der Waals surface area contributed by atoms with Crippen molar-refractivity contribution in [2.75, 3.05) is 42.6 Å². The molecule has 1 aliphatic heterocycles. The number of quaternary nitrogens is 1. The number of rotatable bonds is 15. The molecule has 55 heavy (non-hydrogen) atoms. The summed E-state index contributed by atoms with van der Waals surface area (Å²) >= 11 is 3.18. The summed E-state index contributed by atoms with van der Waals surface area (Å²) < 4.78 is 71.8. The van der Waals surface area contributed by atoms with Crippen molar-refractivity contribution < 1.29 is 34.9 Å². The van der Waals surface area contributed by atoms with Crippen molar-refractivity contribution in [1.82, 2.24) is 0 Å². The summed E-state index contributed by atoms with van der Waals surface area (Å²) in [5.41, 5.74) is 3.75. The fourth-order valence-electron chi connectivity index (χ4n) is 7.22. The molecule has 9 nitrogen and oxygen atoms in total. The number of allylic oxidation sites excluding steroid dienone is 2. The Balaban J connectivity index is 1.35. The van der Waals surface area contributed by atoms with Crippen LogP contribution < -0.4 is 9.47 Å². The van der Waals surface area contributed by atoms with E-state index in [0.29, 0.717) is 32.6 Å². The third-order valence-corrected chi connectivity index (χ3v) is 14.4. The SMILES string of the molecule is CC[N+](CC)(CC)OS(=O)(=O)CCC[n+]1c(/C=C(/C=C2\Sc3ccc4ccccc4c3N2CCS(=O)(=O)[O-])c2ccccc2)sc2ccc3ccccc3c21. The van der Waals surface area contributed by atoms with E-state index in [1.165, 1.54) is 0 Å². The van der Waals surface area contributed by atoms with Gasteiger partial charge in [-0.3, -0.25) is 0 Å². The molecule has 0 fully saturated rings. The number of hydrogen-bond acceptors (Lipinski definition) is 9. The first-order valence-electron chi connectivity index (χ1n) is 18.5. The van der Waals surface area contributed by atoms with E-state index in [2.05, 4.69) is 47.1 Å². The Kier molecular flexibility index (Phi) is 11.5. The maximum absolute atomic E-state index is 13.4. The smallest absolute Gasteiger partial charge is 0.314 e. The van der Waals surface area contributed by atoms with E-state index >= 15 is 0 Å². The Morgan fingerprint density at radius 3 is 2.13 bits per heavy atom. The highest BCUT2D eigenvalue weighted by atomic mass is 32.2. The summed E-state index contributed by atoms with van der Waals surface area (Å²) in [7, 11) is -8.31. The zero-order valence-electron chi connectivity index (χ0n) is 31.1. The van der Waals surface area contributed by atoms with Gasteiger partial charge in [0.2, 0.25) is 5.52 Å². The van der Waals surface area contributed by atoms with Crippen molar-refractivity contribution in [3.63, 3.8) is 0 Å². The van der Waals surface area contributed by atoms with Gasteiger partial charge in [0.15, 0.2) is 6.54 Å². The molecule has 0 amide bonds. The topological polar surface area (TPSA) is 108 Å². The zero-order valence-corrected chi connectivity index (χ0v) is 34.3. The van der Waals surface area contributed by atoms with E-state index in [4.69, 9.17) is 4.28 Å². The molecule has 1 aliphatic rings. The molecule has 0 radical (unpaired) electrons. The number of fused-ring (bicyclic) bond motifs is 6. The highest BCUT2D eigenvalue weighted by Gasteiger charge is 2.32. The van der Waals surface area contributed by atoms with Gasteiger partial charge < -0.3 is 9.45 Å². The minimum Gasteiger partial charge on any atom is -0.748 e. The predicted molar refractivity (Wildman–Crippen MR) is 225 cm³/mol. The highest BCUT2D eigenvalue weighted by molar-refractivity contribution is 8.03. The molecule has 6 aromatic rings. The van der Waals surface area contributed by atoms with Gasteiger partial charge in [-0.05, 0) is 67.0 Å². The van der Waals surface area contributed by atoms with Crippen LogP contribution in [0.4, 0.5) is 5.69 Å². The Morgan fingerprint density at radius 2 is 1.44 bits per heavy atom. The van der Waals surface area contributed by atoms with E-state index in [9.17, 15) is 21.4 Å². The minimum atomic E-state index is -4.49. The van der Waals surface area contributed by atoms with E-state index in [1.54, 1.807) is 23.1 Å². The van der Waals surface area contributed by atoms with Crippen molar-refractivity contribution in [1.29, 1.82) is 0 Å². The Morgan fingerprint density at radius 1 is 0.800 bits per heavy atom. The Bertz CT molecular complexity index is 2640. The van der Waals surface area contributed by atoms with Gasteiger partial charge in [-0.2, -0.15) is 17.6 Å². The molecule has 0 spiro atoms. The molecule has 13 heteroatoms. The van der Waals surface area contributed by atoms with Crippen molar-refractivity contribution >= 4 is 92.4 Å². The average Bonchev–Trinajstić information content (AvgIpc) is 3.73. The number of thiazole rings is 1. The summed E-state index contributed by atoms with van der Waals surface area (Å²) in [5.74, 6) is -0.663. The fourth-order valence-corrected chi connectivity index (χ4v) is 11.3. The number of nitrogens with zero attached hydrogens (tertiary/aromatic N) is 3. The number of thioether (sulfide) groups is 1. The van der Waals surface area contributed by atoms with Gasteiger partial charge in [-0.15, -0.1) is 0 Å². The summed E-state index contributed by atoms with van der Waals surface area (Å²) in [6.07, 6.45) is 4.54. The first-order valence-corrected chi connectivity index (χ1v) is 23.3. The summed E-state index contributed by atoms with van der Waals surface area (Å²) in [4.78, 5) is 2.93. The molecule has 0 saturated carbocycles. The Hall–Kier alpha value is -4.08. The van der Waals surface area contributed by atoms with Gasteiger partial charge >= 0.3 is 10.1 Å². The van der Waals surface area contributed by atoms with Gasteiger partial charge in [0, 0.05) is 29.3 Å². The van der Waals surface area contributed by atoms with Crippen LogP contribution in [0.5, 0.6) is 0 Å². The maximum Gasteiger partial charge on any atom is 0.314 e. The zero-order chi connectivity index (χ0) is 38.8. The highest BCUT2D eigenvalue weighted by Crippen LogP contribution is 2.50. The Labute approximate surface area is 331 Å². The standard InChI is InChI=1S/C42H44N3O6S4/c1-4-45(5-2,6-3)51-55(49,50)27-14-25-43-39(52-37-23-21-32-17-10-12-19-35(32)41(37)43)29-34(31-15-8-7-9-16-31)30-40-44(26-28-54(46,47)48)42-36-20-13-11-18-33(36)22-24-38(42)53-40/h7-13,15-24,29-30H,4-6,14,25-28H2,1-3H3/q+1. The van der Waals surface area contributed by atoms with Crippen molar-refractivity contribution in [3.8, 4) is 0 Å². The average molecular weight is 815 g/mol. The molecule has 2 heterocycles. The van der Waals surface area contributed by atoms with E-state index in [0.717, 1.165) is 63.5 Å². The summed E-state index contributed by atoms with van der Waals surface area (Å²) in [6.45, 7) is 7.92. The molecule has 0 saturated heterocycles. The fraction of sp³-hybridized carbons (Fsp3) is 0.262. The number of benzene rings is 5. The molecular formula is C42H44N3O6S4+. The molecule has 0 bridgehead atoms. The van der Waals surface area contributed by atoms with Crippen molar-refractivity contribution in [2.24, 2.45) is 0 Å². The van der Waals surface area contributed by atoms with Crippen LogP contribution in [-0.2, 0) is 31.1 Å². The second-order valence-electron chi connectivity index (χ2n) is 13.5. The van der Waals surface area contributed by atoms with Crippen molar-refractivity contribution in [2.45, 2.75) is 38.6 Å². The maximum atomic E-state index is 13.4. The van der Waals surface area contributed by atoms with Crippen LogP contribution in [0, 0.1) is 0 Å². The van der Waals surface area contributed by atoms with Gasteiger partial charge in [0.1, 0.15) is 24.3 Å². The monoisotopic (exact) mass is 814 g/mol. The van der Waals surface area contributed by atoms with E-state index in [1.807, 2.05) is 98.5 Å². The minimum absolute atomic E-state index is 0.00720. The largest absolute Gasteiger partial charge is 0.748 e. The van der Waals surface area contributed by atoms with Gasteiger partial charge in [0.25, 0.3) is 5.01 Å². The molecule has 286 valence electrons. The third-order valence-electron chi connectivity index (χ3n) is 10.2. The van der Waals surface area contributed by atoms with E-state index < -0.39 is 26.0 Å². The molecule has 0 atom stereocenters.